The number of carboxylic acids is 2. The fraction of sp³-hybridized carbons (Fsp3) is 0.457. The van der Waals surface area contributed by atoms with Crippen molar-refractivity contribution in [1.82, 2.24) is 26.6 Å². The fourth-order valence-corrected chi connectivity index (χ4v) is 4.97. The predicted molar refractivity (Wildman–Crippen MR) is 189 cm³/mol. The number of nitrogens with one attached hydrogen (secondary N) is 5. The minimum absolute atomic E-state index is 0.0848. The lowest BCUT2D eigenvalue weighted by atomic mass is 9.97. The molecular weight excluding hydrogens is 712 g/mol. The van der Waals surface area contributed by atoms with E-state index < -0.39 is 103 Å². The van der Waals surface area contributed by atoms with E-state index in [1.807, 2.05) is 0 Å². The number of phenolic OH excluding ortho intramolecular Hbond substituents is 2. The van der Waals surface area contributed by atoms with Gasteiger partial charge in [0.25, 0.3) is 0 Å². The monoisotopic (exact) mass is 760 g/mol. The van der Waals surface area contributed by atoms with E-state index in [-0.39, 0.29) is 24.3 Å². The van der Waals surface area contributed by atoms with Crippen molar-refractivity contribution in [2.24, 2.45) is 11.7 Å². The van der Waals surface area contributed by atoms with Gasteiger partial charge < -0.3 is 63.0 Å². The Balaban J connectivity index is 2.34. The summed E-state index contributed by atoms with van der Waals surface area (Å²) in [5.41, 5.74) is 6.46. The minimum atomic E-state index is -1.85. The first-order valence-corrected chi connectivity index (χ1v) is 16.9. The van der Waals surface area contributed by atoms with Gasteiger partial charge in [0.15, 0.2) is 0 Å². The van der Waals surface area contributed by atoms with Crippen LogP contribution < -0.4 is 32.3 Å². The molecule has 0 radical (unpaired) electrons. The van der Waals surface area contributed by atoms with Crippen molar-refractivity contribution < 1.29 is 64.2 Å². The Morgan fingerprint density at radius 1 is 0.630 bits per heavy atom. The Kier molecular flexibility index (Phi) is 17.3. The Morgan fingerprint density at radius 2 is 1.06 bits per heavy atom. The molecule has 19 heteroatoms. The van der Waals surface area contributed by atoms with Crippen LogP contribution >= 0.6 is 0 Å². The van der Waals surface area contributed by atoms with Crippen molar-refractivity contribution in [3.8, 4) is 11.5 Å². The van der Waals surface area contributed by atoms with Gasteiger partial charge in [0.2, 0.25) is 29.5 Å². The number of carbonyl (C=O) groups excluding carboxylic acids is 5. The molecule has 0 fully saturated rings. The summed E-state index contributed by atoms with van der Waals surface area (Å²) in [4.78, 5) is 89.9. The van der Waals surface area contributed by atoms with Gasteiger partial charge in [-0.25, -0.2) is 4.79 Å². The van der Waals surface area contributed by atoms with Gasteiger partial charge in [-0.1, -0.05) is 44.5 Å². The van der Waals surface area contributed by atoms with Crippen molar-refractivity contribution >= 4 is 41.5 Å². The zero-order valence-corrected chi connectivity index (χ0v) is 29.9. The fourth-order valence-electron chi connectivity index (χ4n) is 4.97. The number of carboxylic acid groups (broad SMARTS) is 2. The van der Waals surface area contributed by atoms with E-state index in [4.69, 9.17) is 5.73 Å². The molecule has 19 nitrogen and oxygen atoms in total. The maximum Gasteiger partial charge on any atom is 0.326 e. The first-order valence-electron chi connectivity index (χ1n) is 16.9. The summed E-state index contributed by atoms with van der Waals surface area (Å²) in [6, 6.07) is 1.47. The Bertz CT molecular complexity index is 1620. The zero-order valence-electron chi connectivity index (χ0n) is 29.9. The number of carbonyl (C=O) groups is 7. The predicted octanol–water partition coefficient (Wildman–Crippen LogP) is -2.39. The summed E-state index contributed by atoms with van der Waals surface area (Å²) in [7, 11) is 0. The Labute approximate surface area is 310 Å². The van der Waals surface area contributed by atoms with Crippen LogP contribution in [0, 0.1) is 5.92 Å². The number of aliphatic hydroxyl groups excluding tert-OH is 2. The number of nitrogens with two attached hydrogens (primary N) is 1. The minimum Gasteiger partial charge on any atom is -0.508 e. The molecule has 296 valence electrons. The van der Waals surface area contributed by atoms with Gasteiger partial charge in [-0.05, 0) is 48.2 Å². The Hall–Kier alpha value is -5.79. The van der Waals surface area contributed by atoms with Crippen molar-refractivity contribution in [3.05, 3.63) is 59.7 Å². The number of rotatable bonds is 21. The van der Waals surface area contributed by atoms with E-state index in [9.17, 15) is 64.2 Å². The van der Waals surface area contributed by atoms with Gasteiger partial charge in [-0.2, -0.15) is 0 Å². The molecule has 0 aromatic heterocycles. The SMILES string of the molecule is CC[C@H](C)[C@H](NC(=O)[C@@H](N)[C@@H](C)O)C(=O)N[C@@H](CO)C(=O)N[C@@H](Cc1ccc(O)cc1)C(=O)N[C@@H](CC(=O)O)C(=O)N[C@@H](Cc1ccc(O)cc1)C(=O)O. The van der Waals surface area contributed by atoms with E-state index in [1.54, 1.807) is 13.8 Å². The van der Waals surface area contributed by atoms with Crippen LogP contribution in [0.5, 0.6) is 11.5 Å². The maximum absolute atomic E-state index is 13.7. The van der Waals surface area contributed by atoms with Crippen molar-refractivity contribution in [2.75, 3.05) is 6.61 Å². The number of aliphatic hydroxyl groups is 2. The number of aromatic hydroxyl groups is 2. The van der Waals surface area contributed by atoms with Crippen molar-refractivity contribution in [1.29, 1.82) is 0 Å². The number of amides is 5. The first kappa shape index (κ1) is 44.4. The topological polar surface area (TPSA) is 327 Å². The second kappa shape index (κ2) is 21.0. The number of aliphatic carboxylic acids is 2. The molecule has 0 saturated heterocycles. The number of phenols is 2. The van der Waals surface area contributed by atoms with Gasteiger partial charge in [0.1, 0.15) is 47.8 Å². The summed E-state index contributed by atoms with van der Waals surface area (Å²) in [6.45, 7) is 3.65. The van der Waals surface area contributed by atoms with Crippen molar-refractivity contribution in [2.45, 2.75) is 88.8 Å². The molecule has 2 rings (SSSR count). The normalized spacial score (nSPS) is 15.4. The van der Waals surface area contributed by atoms with E-state index >= 15 is 0 Å². The molecular formula is C35H48N6O13. The van der Waals surface area contributed by atoms with Crippen LogP contribution in [0.1, 0.15) is 44.7 Å². The van der Waals surface area contributed by atoms with Crippen LogP contribution in [0.25, 0.3) is 0 Å². The molecule has 2 aromatic carbocycles. The molecule has 0 spiro atoms. The van der Waals surface area contributed by atoms with Gasteiger partial charge in [0.05, 0.1) is 19.1 Å². The summed E-state index contributed by atoms with van der Waals surface area (Å²) in [5, 5.41) is 69.8. The average Bonchev–Trinajstić information content (AvgIpc) is 3.12. The van der Waals surface area contributed by atoms with Crippen LogP contribution in [0.15, 0.2) is 48.5 Å². The number of benzene rings is 2. The molecule has 0 bridgehead atoms. The summed E-state index contributed by atoms with van der Waals surface area (Å²) in [6.07, 6.45) is -2.45. The van der Waals surface area contributed by atoms with Gasteiger partial charge >= 0.3 is 11.9 Å². The molecule has 0 aliphatic heterocycles. The maximum atomic E-state index is 13.7. The summed E-state index contributed by atoms with van der Waals surface area (Å²) in [5.74, 6) is -8.88. The molecule has 5 amide bonds. The molecule has 8 atom stereocenters. The molecule has 13 N–H and O–H groups in total. The van der Waals surface area contributed by atoms with Crippen LogP contribution in [0.4, 0.5) is 0 Å². The first-order chi connectivity index (χ1) is 25.4. The highest BCUT2D eigenvalue weighted by molar-refractivity contribution is 5.97. The number of hydrogen-bond donors (Lipinski definition) is 12. The molecule has 54 heavy (non-hydrogen) atoms. The third-order valence-electron chi connectivity index (χ3n) is 8.44. The molecule has 2 aromatic rings. The Morgan fingerprint density at radius 3 is 1.50 bits per heavy atom. The van der Waals surface area contributed by atoms with Crippen LogP contribution in [-0.2, 0) is 46.4 Å². The van der Waals surface area contributed by atoms with E-state index in [1.165, 1.54) is 55.5 Å². The van der Waals surface area contributed by atoms with Gasteiger partial charge in [-0.3, -0.25) is 28.8 Å². The van der Waals surface area contributed by atoms with Crippen molar-refractivity contribution in [3.63, 3.8) is 0 Å². The molecule has 0 aliphatic rings. The molecule has 0 aliphatic carbocycles. The van der Waals surface area contributed by atoms with Crippen LogP contribution in [0.2, 0.25) is 0 Å². The highest BCUT2D eigenvalue weighted by Crippen LogP contribution is 2.14. The van der Waals surface area contributed by atoms with Gasteiger partial charge in [-0.15, -0.1) is 0 Å². The summed E-state index contributed by atoms with van der Waals surface area (Å²) >= 11 is 0. The molecule has 0 unspecified atom stereocenters. The van der Waals surface area contributed by atoms with Crippen LogP contribution in [-0.4, -0.2) is 121 Å². The average molecular weight is 761 g/mol. The second-order valence-corrected chi connectivity index (χ2v) is 12.7. The van der Waals surface area contributed by atoms with E-state index in [0.717, 1.165) is 0 Å². The smallest absolute Gasteiger partial charge is 0.326 e. The summed E-state index contributed by atoms with van der Waals surface area (Å²) < 4.78 is 0. The zero-order chi connectivity index (χ0) is 40.7. The lowest BCUT2D eigenvalue weighted by molar-refractivity contribution is -0.143. The van der Waals surface area contributed by atoms with E-state index in [2.05, 4.69) is 26.6 Å². The molecule has 0 saturated carbocycles. The van der Waals surface area contributed by atoms with Crippen LogP contribution in [0.3, 0.4) is 0 Å². The third kappa shape index (κ3) is 14.0. The quantitative estimate of drug-likeness (QED) is 0.0632. The largest absolute Gasteiger partial charge is 0.508 e. The lowest BCUT2D eigenvalue weighted by Gasteiger charge is -2.28. The second-order valence-electron chi connectivity index (χ2n) is 12.7. The highest BCUT2D eigenvalue weighted by atomic mass is 16.4. The number of hydrogen-bond acceptors (Lipinski definition) is 12. The standard InChI is InChI=1S/C35H48N6O13/c1-4-17(2)29(41-33(51)28(36)18(3)43)34(52)40-26(16-42)32(50)37-23(13-19-5-9-21(44)10-6-19)30(48)38-24(15-27(46)47)31(49)39-25(35(53)54)14-20-7-11-22(45)12-8-20/h5-12,17-18,23-26,28-29,42-45H,4,13-16,36H2,1-3H3,(H,37,50)(H,38,48)(H,39,49)(H,40,52)(H,41,51)(H,46,47)(H,53,54)/t17-,18+,23-,24-,25-,26-,28-,29-/m0/s1. The highest BCUT2D eigenvalue weighted by Gasteiger charge is 2.35. The van der Waals surface area contributed by atoms with E-state index in [0.29, 0.717) is 17.5 Å². The lowest BCUT2D eigenvalue weighted by Crippen LogP contribution is -2.61. The molecule has 0 heterocycles. The third-order valence-corrected chi connectivity index (χ3v) is 8.44. The van der Waals surface area contributed by atoms with Gasteiger partial charge in [0, 0.05) is 12.8 Å².